The zero-order valence-electron chi connectivity index (χ0n) is 9.20. The molecule has 0 rings (SSSR count). The van der Waals surface area contributed by atoms with E-state index >= 15 is 0 Å². The second kappa shape index (κ2) is 11.3. The number of methoxy groups -OCH3 is 1. The summed E-state index contributed by atoms with van der Waals surface area (Å²) in [5.41, 5.74) is 0. The maximum atomic E-state index is 8.55. The summed E-state index contributed by atoms with van der Waals surface area (Å²) in [6.07, 6.45) is 3.23. The molecule has 0 saturated carbocycles. The van der Waals surface area contributed by atoms with Crippen molar-refractivity contribution >= 4 is 11.8 Å². The van der Waals surface area contributed by atoms with Crippen molar-refractivity contribution in [2.45, 2.75) is 32.5 Å². The van der Waals surface area contributed by atoms with Crippen LogP contribution in [0.4, 0.5) is 0 Å². The Morgan fingerprint density at radius 2 is 2.14 bits per heavy atom. The smallest absolute Gasteiger partial charge is 0.157 e. The van der Waals surface area contributed by atoms with Crippen LogP contribution in [0.1, 0.15) is 26.2 Å². The van der Waals surface area contributed by atoms with Gasteiger partial charge in [-0.15, -0.1) is 0 Å². The van der Waals surface area contributed by atoms with Crippen molar-refractivity contribution in [3.05, 3.63) is 0 Å². The standard InChI is InChI=1S/C10H22O3S/c1-3-4-5-10(12-2)13-7-9-14-8-6-11/h10-11H,3-9H2,1-2H3. The van der Waals surface area contributed by atoms with Gasteiger partial charge in [-0.25, -0.2) is 0 Å². The Kier molecular flexibility index (Phi) is 11.5. The minimum atomic E-state index is -0.0512. The van der Waals surface area contributed by atoms with Gasteiger partial charge >= 0.3 is 0 Å². The lowest BCUT2D eigenvalue weighted by Gasteiger charge is -2.15. The van der Waals surface area contributed by atoms with Gasteiger partial charge < -0.3 is 14.6 Å². The van der Waals surface area contributed by atoms with Crippen LogP contribution in [0.25, 0.3) is 0 Å². The molecule has 86 valence electrons. The molecule has 14 heavy (non-hydrogen) atoms. The summed E-state index contributed by atoms with van der Waals surface area (Å²) >= 11 is 1.70. The lowest BCUT2D eigenvalue weighted by Crippen LogP contribution is -2.17. The fraction of sp³-hybridized carbons (Fsp3) is 1.00. The van der Waals surface area contributed by atoms with Crippen molar-refractivity contribution in [3.8, 4) is 0 Å². The monoisotopic (exact) mass is 222 g/mol. The number of aliphatic hydroxyl groups excluding tert-OH is 1. The molecule has 0 heterocycles. The van der Waals surface area contributed by atoms with Crippen molar-refractivity contribution in [1.29, 1.82) is 0 Å². The summed E-state index contributed by atoms with van der Waals surface area (Å²) in [5, 5.41) is 8.55. The summed E-state index contributed by atoms with van der Waals surface area (Å²) in [5.74, 6) is 1.71. The molecule has 0 spiro atoms. The molecular weight excluding hydrogens is 200 g/mol. The second-order valence-electron chi connectivity index (χ2n) is 3.01. The fourth-order valence-corrected chi connectivity index (χ4v) is 1.59. The van der Waals surface area contributed by atoms with Crippen LogP contribution in [0.15, 0.2) is 0 Å². The molecule has 0 aromatic rings. The van der Waals surface area contributed by atoms with Crippen LogP contribution in [0.3, 0.4) is 0 Å². The number of rotatable bonds is 10. The lowest BCUT2D eigenvalue weighted by atomic mass is 10.2. The number of unbranched alkanes of at least 4 members (excludes halogenated alkanes) is 1. The van der Waals surface area contributed by atoms with Gasteiger partial charge in [0.25, 0.3) is 0 Å². The van der Waals surface area contributed by atoms with E-state index in [0.717, 1.165) is 24.3 Å². The maximum Gasteiger partial charge on any atom is 0.157 e. The Morgan fingerprint density at radius 3 is 2.71 bits per heavy atom. The van der Waals surface area contributed by atoms with Gasteiger partial charge in [-0.3, -0.25) is 0 Å². The molecule has 4 heteroatoms. The average Bonchev–Trinajstić information content (AvgIpc) is 2.22. The highest BCUT2D eigenvalue weighted by atomic mass is 32.2. The van der Waals surface area contributed by atoms with E-state index in [9.17, 15) is 0 Å². The van der Waals surface area contributed by atoms with Crippen LogP contribution in [0.5, 0.6) is 0 Å². The molecule has 0 aliphatic carbocycles. The van der Waals surface area contributed by atoms with Gasteiger partial charge in [0.2, 0.25) is 0 Å². The largest absolute Gasteiger partial charge is 0.396 e. The second-order valence-corrected chi connectivity index (χ2v) is 4.24. The van der Waals surface area contributed by atoms with Gasteiger partial charge in [0.05, 0.1) is 13.2 Å². The molecule has 1 N–H and O–H groups in total. The molecule has 0 bridgehead atoms. The number of thioether (sulfide) groups is 1. The zero-order valence-corrected chi connectivity index (χ0v) is 10.0. The first-order valence-electron chi connectivity index (χ1n) is 5.18. The first-order valence-corrected chi connectivity index (χ1v) is 6.33. The topological polar surface area (TPSA) is 38.7 Å². The van der Waals surface area contributed by atoms with Crippen molar-refractivity contribution < 1.29 is 14.6 Å². The molecule has 3 nitrogen and oxygen atoms in total. The van der Waals surface area contributed by atoms with E-state index in [2.05, 4.69) is 6.92 Å². The predicted octanol–water partition coefficient (Wildman–Crippen LogP) is 1.89. The van der Waals surface area contributed by atoms with Gasteiger partial charge in [0, 0.05) is 18.6 Å². The summed E-state index contributed by atoms with van der Waals surface area (Å²) in [4.78, 5) is 0. The van der Waals surface area contributed by atoms with Crippen LogP contribution >= 0.6 is 11.8 Å². The molecular formula is C10H22O3S. The van der Waals surface area contributed by atoms with E-state index in [1.54, 1.807) is 18.9 Å². The highest BCUT2D eigenvalue weighted by molar-refractivity contribution is 7.99. The molecule has 0 aliphatic rings. The number of ether oxygens (including phenoxy) is 2. The summed E-state index contributed by atoms with van der Waals surface area (Å²) < 4.78 is 10.7. The first kappa shape index (κ1) is 14.2. The molecule has 1 atom stereocenters. The van der Waals surface area contributed by atoms with Gasteiger partial charge in [-0.05, 0) is 12.8 Å². The highest BCUT2D eigenvalue weighted by Gasteiger charge is 2.05. The Bertz CT molecular complexity index is 112. The van der Waals surface area contributed by atoms with Crippen LogP contribution in [0, 0.1) is 0 Å². The molecule has 1 unspecified atom stereocenters. The quantitative estimate of drug-likeness (QED) is 0.452. The molecule has 0 amide bonds. The molecule has 0 radical (unpaired) electrons. The fourth-order valence-electron chi connectivity index (χ4n) is 1.05. The summed E-state index contributed by atoms with van der Waals surface area (Å²) in [6.45, 7) is 3.10. The van der Waals surface area contributed by atoms with E-state index in [4.69, 9.17) is 14.6 Å². The third-order valence-corrected chi connectivity index (χ3v) is 2.75. The molecule has 0 aromatic heterocycles. The van der Waals surface area contributed by atoms with Gasteiger partial charge in [-0.2, -0.15) is 11.8 Å². The highest BCUT2D eigenvalue weighted by Crippen LogP contribution is 2.06. The van der Waals surface area contributed by atoms with E-state index < -0.39 is 0 Å². The van der Waals surface area contributed by atoms with Crippen LogP contribution in [0.2, 0.25) is 0 Å². The van der Waals surface area contributed by atoms with Crippen molar-refractivity contribution in [3.63, 3.8) is 0 Å². The molecule has 0 aliphatic heterocycles. The molecule has 0 fully saturated rings. The third-order valence-electron chi connectivity index (χ3n) is 1.82. The minimum absolute atomic E-state index is 0.0512. The van der Waals surface area contributed by atoms with E-state index in [0.29, 0.717) is 6.61 Å². The third kappa shape index (κ3) is 8.81. The van der Waals surface area contributed by atoms with Gasteiger partial charge in [0.15, 0.2) is 6.29 Å². The minimum Gasteiger partial charge on any atom is -0.396 e. The van der Waals surface area contributed by atoms with Gasteiger partial charge in [0.1, 0.15) is 0 Å². The number of hydrogen-bond donors (Lipinski definition) is 1. The van der Waals surface area contributed by atoms with Crippen molar-refractivity contribution in [2.75, 3.05) is 31.8 Å². The van der Waals surface area contributed by atoms with Crippen molar-refractivity contribution in [1.82, 2.24) is 0 Å². The van der Waals surface area contributed by atoms with E-state index in [-0.39, 0.29) is 12.9 Å². The Labute approximate surface area is 91.2 Å². The Hall–Kier alpha value is 0.230. The van der Waals surface area contributed by atoms with Crippen LogP contribution in [-0.4, -0.2) is 43.2 Å². The number of hydrogen-bond acceptors (Lipinski definition) is 4. The predicted molar refractivity (Wildman–Crippen MR) is 60.7 cm³/mol. The maximum absolute atomic E-state index is 8.55. The Balaban J connectivity index is 3.24. The summed E-state index contributed by atoms with van der Waals surface area (Å²) in [6, 6.07) is 0. The normalized spacial score (nSPS) is 13.1. The molecule has 0 aromatic carbocycles. The first-order chi connectivity index (χ1) is 6.85. The van der Waals surface area contributed by atoms with Gasteiger partial charge in [-0.1, -0.05) is 13.3 Å². The van der Waals surface area contributed by atoms with Crippen LogP contribution < -0.4 is 0 Å². The van der Waals surface area contributed by atoms with Crippen molar-refractivity contribution in [2.24, 2.45) is 0 Å². The Morgan fingerprint density at radius 1 is 1.36 bits per heavy atom. The number of aliphatic hydroxyl groups is 1. The van der Waals surface area contributed by atoms with E-state index in [1.807, 2.05) is 0 Å². The molecule has 0 saturated heterocycles. The lowest BCUT2D eigenvalue weighted by molar-refractivity contribution is -0.123. The average molecular weight is 222 g/mol. The van der Waals surface area contributed by atoms with E-state index in [1.165, 1.54) is 6.42 Å². The zero-order chi connectivity index (χ0) is 10.6. The SMILES string of the molecule is CCCCC(OC)OCCSCCO. The summed E-state index contributed by atoms with van der Waals surface area (Å²) in [7, 11) is 1.68. The van der Waals surface area contributed by atoms with Crippen LogP contribution in [-0.2, 0) is 9.47 Å².